The van der Waals surface area contributed by atoms with E-state index in [1.54, 1.807) is 21.3 Å². The van der Waals surface area contributed by atoms with Crippen molar-refractivity contribution in [2.45, 2.75) is 18.9 Å². The Morgan fingerprint density at radius 2 is 1.62 bits per heavy atom. The number of hydrogen-bond acceptors (Lipinski definition) is 6. The van der Waals surface area contributed by atoms with Crippen molar-refractivity contribution in [3.05, 3.63) is 17.7 Å². The van der Waals surface area contributed by atoms with Gasteiger partial charge in [-0.05, 0) is 24.8 Å². The maximum absolute atomic E-state index is 5.80. The Morgan fingerprint density at radius 3 is 2.14 bits per heavy atom. The van der Waals surface area contributed by atoms with Crippen LogP contribution in [0.25, 0.3) is 0 Å². The molecular formula is C15H24N2O4. The quantitative estimate of drug-likeness (QED) is 0.614. The predicted octanol–water partition coefficient (Wildman–Crippen LogP) is 1.64. The van der Waals surface area contributed by atoms with Crippen LogP contribution in [0.3, 0.4) is 0 Å². The molecule has 1 aliphatic rings. The predicted molar refractivity (Wildman–Crippen MR) is 79.7 cm³/mol. The number of hydrazine groups is 1. The van der Waals surface area contributed by atoms with Gasteiger partial charge in [0.2, 0.25) is 0 Å². The number of methoxy groups -OCH3 is 3. The van der Waals surface area contributed by atoms with Crippen LogP contribution in [0.2, 0.25) is 0 Å². The highest BCUT2D eigenvalue weighted by molar-refractivity contribution is 5.52. The second kappa shape index (κ2) is 7.49. The van der Waals surface area contributed by atoms with Crippen LogP contribution in [0.1, 0.15) is 24.4 Å². The van der Waals surface area contributed by atoms with Gasteiger partial charge in [0, 0.05) is 24.8 Å². The Morgan fingerprint density at radius 1 is 1.05 bits per heavy atom. The number of rotatable bonds is 6. The first-order valence-corrected chi connectivity index (χ1v) is 7.09. The molecule has 2 rings (SSSR count). The van der Waals surface area contributed by atoms with E-state index >= 15 is 0 Å². The van der Waals surface area contributed by atoms with Gasteiger partial charge in [-0.1, -0.05) is 0 Å². The smallest absolute Gasteiger partial charge is 0.164 e. The van der Waals surface area contributed by atoms with E-state index in [4.69, 9.17) is 24.8 Å². The minimum Gasteiger partial charge on any atom is -0.496 e. The molecular weight excluding hydrogens is 272 g/mol. The van der Waals surface area contributed by atoms with Gasteiger partial charge in [0.25, 0.3) is 0 Å². The fourth-order valence-electron chi connectivity index (χ4n) is 2.82. The molecule has 6 nitrogen and oxygen atoms in total. The van der Waals surface area contributed by atoms with Gasteiger partial charge < -0.3 is 18.9 Å². The van der Waals surface area contributed by atoms with Crippen LogP contribution in [-0.2, 0) is 4.74 Å². The zero-order chi connectivity index (χ0) is 15.2. The molecule has 0 radical (unpaired) electrons. The molecule has 1 unspecified atom stereocenters. The Balaban J connectivity index is 2.38. The first-order valence-electron chi connectivity index (χ1n) is 7.09. The lowest BCUT2D eigenvalue weighted by Gasteiger charge is -2.31. The highest BCUT2D eigenvalue weighted by Crippen LogP contribution is 2.41. The summed E-state index contributed by atoms with van der Waals surface area (Å²) in [5, 5.41) is 0. The van der Waals surface area contributed by atoms with Crippen molar-refractivity contribution < 1.29 is 18.9 Å². The summed E-state index contributed by atoms with van der Waals surface area (Å²) in [5.41, 5.74) is 3.90. The summed E-state index contributed by atoms with van der Waals surface area (Å²) >= 11 is 0. The Hall–Kier alpha value is -1.50. The molecule has 0 spiro atoms. The minimum atomic E-state index is -0.0105. The number of ether oxygens (including phenoxy) is 4. The zero-order valence-electron chi connectivity index (χ0n) is 12.8. The van der Waals surface area contributed by atoms with E-state index in [2.05, 4.69) is 5.43 Å². The van der Waals surface area contributed by atoms with Gasteiger partial charge in [-0.15, -0.1) is 0 Å². The highest BCUT2D eigenvalue weighted by atomic mass is 16.5. The maximum Gasteiger partial charge on any atom is 0.164 e. The van der Waals surface area contributed by atoms with E-state index in [-0.39, 0.29) is 6.04 Å². The van der Waals surface area contributed by atoms with Gasteiger partial charge in [-0.25, -0.2) is 0 Å². The molecule has 0 saturated carbocycles. The third-order valence-corrected chi connectivity index (χ3v) is 3.99. The standard InChI is InChI=1S/C15H24N2O4/c1-18-12-9-14(20-3)13(19-2)8-11(12)15(17-16)10-4-6-21-7-5-10/h8-10,15,17H,4-7,16H2,1-3H3. The van der Waals surface area contributed by atoms with Crippen LogP contribution in [-0.4, -0.2) is 34.5 Å². The number of nitrogens with one attached hydrogen (secondary N) is 1. The van der Waals surface area contributed by atoms with Crippen LogP contribution >= 0.6 is 0 Å². The molecule has 1 aliphatic heterocycles. The molecule has 21 heavy (non-hydrogen) atoms. The van der Waals surface area contributed by atoms with Gasteiger partial charge in [0.05, 0.1) is 27.4 Å². The van der Waals surface area contributed by atoms with Gasteiger partial charge in [-0.3, -0.25) is 11.3 Å². The van der Waals surface area contributed by atoms with E-state index in [1.807, 2.05) is 12.1 Å². The molecule has 1 atom stereocenters. The number of nitrogens with two attached hydrogens (primary N) is 1. The van der Waals surface area contributed by atoms with Crippen LogP contribution < -0.4 is 25.5 Å². The molecule has 1 aromatic rings. The van der Waals surface area contributed by atoms with Crippen LogP contribution in [0.5, 0.6) is 17.2 Å². The van der Waals surface area contributed by atoms with E-state index in [9.17, 15) is 0 Å². The lowest BCUT2D eigenvalue weighted by atomic mass is 9.87. The summed E-state index contributed by atoms with van der Waals surface area (Å²) in [6.45, 7) is 1.52. The molecule has 1 aromatic carbocycles. The fourth-order valence-corrected chi connectivity index (χ4v) is 2.82. The fraction of sp³-hybridized carbons (Fsp3) is 0.600. The van der Waals surface area contributed by atoms with Crippen LogP contribution in [0, 0.1) is 5.92 Å². The summed E-state index contributed by atoms with van der Waals surface area (Å²) in [6.07, 6.45) is 1.93. The largest absolute Gasteiger partial charge is 0.496 e. The topological polar surface area (TPSA) is 75.0 Å². The van der Waals surface area contributed by atoms with Crippen molar-refractivity contribution in [3.8, 4) is 17.2 Å². The van der Waals surface area contributed by atoms with E-state index in [0.29, 0.717) is 17.4 Å². The van der Waals surface area contributed by atoms with Crippen molar-refractivity contribution in [1.82, 2.24) is 5.43 Å². The summed E-state index contributed by atoms with van der Waals surface area (Å²) in [6, 6.07) is 3.75. The summed E-state index contributed by atoms with van der Waals surface area (Å²) < 4.78 is 21.6. The average molecular weight is 296 g/mol. The monoisotopic (exact) mass is 296 g/mol. The molecule has 0 aromatic heterocycles. The first-order chi connectivity index (χ1) is 10.2. The average Bonchev–Trinajstić information content (AvgIpc) is 2.56. The van der Waals surface area contributed by atoms with Gasteiger partial charge in [0.1, 0.15) is 5.75 Å². The number of benzene rings is 1. The van der Waals surface area contributed by atoms with Crippen molar-refractivity contribution in [2.75, 3.05) is 34.5 Å². The van der Waals surface area contributed by atoms with Crippen LogP contribution in [0.15, 0.2) is 12.1 Å². The minimum absolute atomic E-state index is 0.0105. The van der Waals surface area contributed by atoms with Crippen molar-refractivity contribution >= 4 is 0 Å². The van der Waals surface area contributed by atoms with Crippen molar-refractivity contribution in [1.29, 1.82) is 0 Å². The van der Waals surface area contributed by atoms with Crippen LogP contribution in [0.4, 0.5) is 0 Å². The molecule has 1 heterocycles. The normalized spacial score (nSPS) is 17.3. The zero-order valence-corrected chi connectivity index (χ0v) is 12.8. The van der Waals surface area contributed by atoms with E-state index in [0.717, 1.165) is 37.4 Å². The SMILES string of the molecule is COc1cc(OC)c(C(NN)C2CCOCC2)cc1OC. The highest BCUT2D eigenvalue weighted by Gasteiger charge is 2.28. The Kier molecular flexibility index (Phi) is 5.67. The van der Waals surface area contributed by atoms with Gasteiger partial charge >= 0.3 is 0 Å². The summed E-state index contributed by atoms with van der Waals surface area (Å²) in [4.78, 5) is 0. The van der Waals surface area contributed by atoms with Crippen molar-refractivity contribution in [2.24, 2.45) is 11.8 Å². The van der Waals surface area contributed by atoms with Gasteiger partial charge in [0.15, 0.2) is 11.5 Å². The Labute approximate surface area is 125 Å². The van der Waals surface area contributed by atoms with E-state index < -0.39 is 0 Å². The van der Waals surface area contributed by atoms with Gasteiger partial charge in [-0.2, -0.15) is 0 Å². The molecule has 6 heteroatoms. The summed E-state index contributed by atoms with van der Waals surface area (Å²) in [7, 11) is 4.86. The summed E-state index contributed by atoms with van der Waals surface area (Å²) in [5.74, 6) is 8.25. The maximum atomic E-state index is 5.80. The molecule has 118 valence electrons. The molecule has 0 aliphatic carbocycles. The Bertz CT molecular complexity index is 461. The lowest BCUT2D eigenvalue weighted by molar-refractivity contribution is 0.0532. The first kappa shape index (κ1) is 15.9. The molecule has 0 amide bonds. The second-order valence-corrected chi connectivity index (χ2v) is 5.04. The third-order valence-electron chi connectivity index (χ3n) is 3.99. The molecule has 1 saturated heterocycles. The number of hydrogen-bond donors (Lipinski definition) is 2. The third kappa shape index (κ3) is 3.40. The molecule has 1 fully saturated rings. The second-order valence-electron chi connectivity index (χ2n) is 5.04. The lowest BCUT2D eigenvalue weighted by Crippen LogP contribution is -2.36. The molecule has 0 bridgehead atoms. The van der Waals surface area contributed by atoms with Crippen molar-refractivity contribution in [3.63, 3.8) is 0 Å². The molecule has 3 N–H and O–H groups in total. The van der Waals surface area contributed by atoms with E-state index in [1.165, 1.54) is 0 Å².